The Morgan fingerprint density at radius 3 is 2.59 bits per heavy atom. The molecule has 0 radical (unpaired) electrons. The molecule has 17 heavy (non-hydrogen) atoms. The predicted molar refractivity (Wildman–Crippen MR) is 67.0 cm³/mol. The largest absolute Gasteiger partial charge is 0.490 e. The van der Waals surface area contributed by atoms with Crippen LogP contribution in [0.2, 0.25) is 0 Å². The third-order valence-corrected chi connectivity index (χ3v) is 3.57. The van der Waals surface area contributed by atoms with Gasteiger partial charge < -0.3 is 10.5 Å². The smallest absolute Gasteiger partial charge is 0.279 e. The maximum Gasteiger partial charge on any atom is 0.279 e. The molecule has 0 aliphatic rings. The summed E-state index contributed by atoms with van der Waals surface area (Å²) in [7, 11) is -0.477. The zero-order chi connectivity index (χ0) is 12.9. The van der Waals surface area contributed by atoms with E-state index in [2.05, 4.69) is 4.72 Å². The Balaban J connectivity index is 2.38. The molecule has 0 unspecified atom stereocenters. The number of ether oxygens (including phenoxy) is 1. The van der Waals surface area contributed by atoms with Crippen LogP contribution in [0.15, 0.2) is 24.3 Å². The van der Waals surface area contributed by atoms with Gasteiger partial charge in [0.15, 0.2) is 0 Å². The number of hydrogen-bond donors (Lipinski definition) is 2. The summed E-state index contributed by atoms with van der Waals surface area (Å²) in [6.45, 7) is 0.413. The summed E-state index contributed by atoms with van der Waals surface area (Å²) in [5.74, 6) is 0.552. The fourth-order valence-electron chi connectivity index (χ4n) is 1.07. The molecule has 0 aromatic heterocycles. The van der Waals surface area contributed by atoms with Crippen molar-refractivity contribution in [2.24, 2.45) is 0 Å². The molecule has 0 fully saturated rings. The van der Waals surface area contributed by atoms with Gasteiger partial charge in [-0.15, -0.1) is 0 Å². The molecule has 6 nitrogen and oxygen atoms in total. The van der Waals surface area contributed by atoms with Crippen molar-refractivity contribution in [2.45, 2.75) is 0 Å². The predicted octanol–water partition coefficient (Wildman–Crippen LogP) is 0.0436. The van der Waals surface area contributed by atoms with E-state index in [9.17, 15) is 8.42 Å². The highest BCUT2D eigenvalue weighted by molar-refractivity contribution is 7.87. The summed E-state index contributed by atoms with van der Waals surface area (Å²) < 4.78 is 31.5. The molecule has 3 N–H and O–H groups in total. The molecule has 0 heterocycles. The number of nitrogens with zero attached hydrogens (tertiary/aromatic N) is 1. The molecule has 0 spiro atoms. The van der Waals surface area contributed by atoms with E-state index < -0.39 is 10.2 Å². The van der Waals surface area contributed by atoms with Gasteiger partial charge in [-0.1, -0.05) is 12.1 Å². The van der Waals surface area contributed by atoms with Crippen molar-refractivity contribution < 1.29 is 13.2 Å². The van der Waals surface area contributed by atoms with Crippen LogP contribution in [-0.4, -0.2) is 40.0 Å². The van der Waals surface area contributed by atoms with Crippen LogP contribution in [0.5, 0.6) is 5.75 Å². The lowest BCUT2D eigenvalue weighted by Crippen LogP contribution is -2.37. The van der Waals surface area contributed by atoms with E-state index in [4.69, 9.17) is 10.5 Å². The van der Waals surface area contributed by atoms with Crippen LogP contribution in [0.25, 0.3) is 0 Å². The number of benzene rings is 1. The third-order valence-electron chi connectivity index (χ3n) is 2.04. The van der Waals surface area contributed by atoms with Crippen LogP contribution in [0, 0.1) is 0 Å². The molecule has 0 atom stereocenters. The van der Waals surface area contributed by atoms with Crippen molar-refractivity contribution >= 4 is 15.9 Å². The summed E-state index contributed by atoms with van der Waals surface area (Å²) >= 11 is 0. The number of para-hydroxylation sites is 2. The Morgan fingerprint density at radius 1 is 1.35 bits per heavy atom. The Bertz CT molecular complexity index is 460. The van der Waals surface area contributed by atoms with Crippen molar-refractivity contribution in [1.82, 2.24) is 9.03 Å². The van der Waals surface area contributed by atoms with Crippen molar-refractivity contribution in [1.29, 1.82) is 0 Å². The van der Waals surface area contributed by atoms with Crippen molar-refractivity contribution in [3.05, 3.63) is 24.3 Å². The van der Waals surface area contributed by atoms with Crippen LogP contribution >= 0.6 is 0 Å². The Hall–Kier alpha value is -1.31. The first-order valence-electron chi connectivity index (χ1n) is 5.08. The van der Waals surface area contributed by atoms with Gasteiger partial charge in [-0.25, -0.2) is 0 Å². The van der Waals surface area contributed by atoms with Crippen LogP contribution in [0.1, 0.15) is 0 Å². The average molecular weight is 259 g/mol. The number of rotatable bonds is 6. The minimum atomic E-state index is -3.39. The van der Waals surface area contributed by atoms with Gasteiger partial charge in [0.2, 0.25) is 0 Å². The Morgan fingerprint density at radius 2 is 2.00 bits per heavy atom. The Labute approximate surface area is 102 Å². The third kappa shape index (κ3) is 4.22. The van der Waals surface area contributed by atoms with E-state index in [0.29, 0.717) is 11.4 Å². The number of anilines is 1. The second-order valence-corrected chi connectivity index (χ2v) is 5.54. The second kappa shape index (κ2) is 5.85. The second-order valence-electron chi connectivity index (χ2n) is 3.57. The SMILES string of the molecule is CN(C)S(=O)(=O)NCCOc1ccccc1N. The monoisotopic (exact) mass is 259 g/mol. The minimum Gasteiger partial charge on any atom is -0.490 e. The number of nitrogen functional groups attached to an aromatic ring is 1. The maximum atomic E-state index is 11.3. The Kier molecular flexibility index (Phi) is 4.73. The van der Waals surface area contributed by atoms with Gasteiger partial charge in [0.05, 0.1) is 5.69 Å². The molecule has 0 aliphatic heterocycles. The molecule has 1 aromatic carbocycles. The van der Waals surface area contributed by atoms with Gasteiger partial charge in [0, 0.05) is 20.6 Å². The molecule has 96 valence electrons. The number of nitrogens with two attached hydrogens (primary N) is 1. The normalized spacial score (nSPS) is 11.7. The van der Waals surface area contributed by atoms with Crippen molar-refractivity contribution in [3.8, 4) is 5.75 Å². The zero-order valence-corrected chi connectivity index (χ0v) is 10.7. The molecular weight excluding hydrogens is 242 g/mol. The maximum absolute atomic E-state index is 11.3. The number of hydrogen-bond acceptors (Lipinski definition) is 4. The van der Waals surface area contributed by atoms with Crippen molar-refractivity contribution in [3.63, 3.8) is 0 Å². The van der Waals surface area contributed by atoms with Gasteiger partial charge in [-0.3, -0.25) is 0 Å². The fraction of sp³-hybridized carbons (Fsp3) is 0.400. The van der Waals surface area contributed by atoms with Crippen LogP contribution in [-0.2, 0) is 10.2 Å². The molecule has 7 heteroatoms. The zero-order valence-electron chi connectivity index (χ0n) is 9.88. The van der Waals surface area contributed by atoms with Gasteiger partial charge in [0.25, 0.3) is 10.2 Å². The topological polar surface area (TPSA) is 84.7 Å². The standard InChI is InChI=1S/C10H17N3O3S/c1-13(2)17(14,15)12-7-8-16-10-6-4-3-5-9(10)11/h3-6,12H,7-8,11H2,1-2H3. The van der Waals surface area contributed by atoms with Crippen LogP contribution in [0.4, 0.5) is 5.69 Å². The molecular formula is C10H17N3O3S. The van der Waals surface area contributed by atoms with E-state index in [0.717, 1.165) is 4.31 Å². The summed E-state index contributed by atoms with van der Waals surface area (Å²) in [5, 5.41) is 0. The van der Waals surface area contributed by atoms with Gasteiger partial charge >= 0.3 is 0 Å². The van der Waals surface area contributed by atoms with Crippen molar-refractivity contribution in [2.75, 3.05) is 33.0 Å². The molecule has 1 rings (SSSR count). The van der Waals surface area contributed by atoms with E-state index in [1.165, 1.54) is 14.1 Å². The van der Waals surface area contributed by atoms with Gasteiger partial charge in [-0.05, 0) is 12.1 Å². The molecule has 0 aliphatic carbocycles. The van der Waals surface area contributed by atoms with E-state index in [-0.39, 0.29) is 13.2 Å². The first kappa shape index (κ1) is 13.8. The molecule has 0 amide bonds. The molecule has 0 bridgehead atoms. The summed E-state index contributed by atoms with van der Waals surface area (Å²) in [6.07, 6.45) is 0. The summed E-state index contributed by atoms with van der Waals surface area (Å²) in [4.78, 5) is 0. The highest BCUT2D eigenvalue weighted by Gasteiger charge is 2.11. The highest BCUT2D eigenvalue weighted by atomic mass is 32.2. The van der Waals surface area contributed by atoms with E-state index in [1.807, 2.05) is 0 Å². The first-order valence-corrected chi connectivity index (χ1v) is 6.52. The lowest BCUT2D eigenvalue weighted by Gasteiger charge is -2.13. The fourth-order valence-corrected chi connectivity index (χ4v) is 1.67. The summed E-state index contributed by atoms with van der Waals surface area (Å²) in [5.41, 5.74) is 6.20. The highest BCUT2D eigenvalue weighted by Crippen LogP contribution is 2.19. The summed E-state index contributed by atoms with van der Waals surface area (Å²) in [6, 6.07) is 7.06. The number of nitrogens with one attached hydrogen (secondary N) is 1. The molecule has 0 saturated carbocycles. The van der Waals surface area contributed by atoms with Gasteiger partial charge in [-0.2, -0.15) is 17.4 Å². The van der Waals surface area contributed by atoms with Crippen LogP contribution < -0.4 is 15.2 Å². The lowest BCUT2D eigenvalue weighted by atomic mass is 10.3. The quantitative estimate of drug-likeness (QED) is 0.558. The first-order chi connectivity index (χ1) is 7.93. The van der Waals surface area contributed by atoms with Gasteiger partial charge in [0.1, 0.15) is 12.4 Å². The lowest BCUT2D eigenvalue weighted by molar-refractivity contribution is 0.323. The molecule has 1 aromatic rings. The van der Waals surface area contributed by atoms with Crippen LogP contribution in [0.3, 0.4) is 0 Å². The average Bonchev–Trinajstić information content (AvgIpc) is 2.26. The minimum absolute atomic E-state index is 0.189. The van der Waals surface area contributed by atoms with E-state index >= 15 is 0 Å². The van der Waals surface area contributed by atoms with E-state index in [1.54, 1.807) is 24.3 Å². The molecule has 0 saturated heterocycles.